The number of oxime groups is 1. The minimum absolute atomic E-state index is 0.130. The molecular formula is C11H15NO2. The molecule has 3 heteroatoms. The van der Waals surface area contributed by atoms with E-state index in [4.69, 9.17) is 9.94 Å². The number of methoxy groups -OCH3 is 1. The molecule has 0 aliphatic carbocycles. The fourth-order valence-electron chi connectivity index (χ4n) is 1.22. The predicted molar refractivity (Wildman–Crippen MR) is 56.3 cm³/mol. The summed E-state index contributed by atoms with van der Waals surface area (Å²) in [5, 5.41) is 11.8. The van der Waals surface area contributed by atoms with Crippen molar-refractivity contribution in [3.63, 3.8) is 0 Å². The highest BCUT2D eigenvalue weighted by Gasteiger charge is 2.08. The maximum absolute atomic E-state index is 8.63. The SMILES string of the molecule is COc1ccc(C(C)C(C)=NO)cc1. The molecule has 0 radical (unpaired) electrons. The minimum Gasteiger partial charge on any atom is -0.497 e. The summed E-state index contributed by atoms with van der Waals surface area (Å²) in [5.74, 6) is 0.963. The summed E-state index contributed by atoms with van der Waals surface area (Å²) in [6, 6.07) is 7.74. The maximum Gasteiger partial charge on any atom is 0.118 e. The van der Waals surface area contributed by atoms with E-state index in [-0.39, 0.29) is 5.92 Å². The largest absolute Gasteiger partial charge is 0.497 e. The highest BCUT2D eigenvalue weighted by Crippen LogP contribution is 2.20. The van der Waals surface area contributed by atoms with Crippen LogP contribution in [0.2, 0.25) is 0 Å². The Balaban J connectivity index is 2.86. The molecule has 1 rings (SSSR count). The lowest BCUT2D eigenvalue weighted by atomic mass is 9.97. The summed E-state index contributed by atoms with van der Waals surface area (Å²) < 4.78 is 5.06. The van der Waals surface area contributed by atoms with Crippen LogP contribution in [0.1, 0.15) is 25.3 Å². The lowest BCUT2D eigenvalue weighted by molar-refractivity contribution is 0.316. The van der Waals surface area contributed by atoms with Crippen LogP contribution >= 0.6 is 0 Å². The number of benzene rings is 1. The second kappa shape index (κ2) is 4.65. The molecule has 0 fully saturated rings. The molecule has 14 heavy (non-hydrogen) atoms. The second-order valence-corrected chi connectivity index (χ2v) is 3.24. The molecule has 0 saturated carbocycles. The first-order chi connectivity index (χ1) is 6.69. The van der Waals surface area contributed by atoms with Crippen LogP contribution in [0.5, 0.6) is 5.75 Å². The second-order valence-electron chi connectivity index (χ2n) is 3.24. The Hall–Kier alpha value is -1.51. The smallest absolute Gasteiger partial charge is 0.118 e. The Kier molecular flexibility index (Phi) is 3.51. The Morgan fingerprint density at radius 2 is 1.93 bits per heavy atom. The third-order valence-electron chi connectivity index (χ3n) is 2.40. The standard InChI is InChI=1S/C11H15NO2/c1-8(9(2)12-13)10-4-6-11(14-3)7-5-10/h4-8,13H,1-3H3. The van der Waals surface area contributed by atoms with E-state index < -0.39 is 0 Å². The highest BCUT2D eigenvalue weighted by molar-refractivity contribution is 5.87. The van der Waals surface area contributed by atoms with Gasteiger partial charge < -0.3 is 9.94 Å². The van der Waals surface area contributed by atoms with Crippen LogP contribution < -0.4 is 4.74 Å². The summed E-state index contributed by atoms with van der Waals surface area (Å²) in [4.78, 5) is 0. The van der Waals surface area contributed by atoms with Crippen molar-refractivity contribution in [3.8, 4) is 5.75 Å². The third-order valence-corrected chi connectivity index (χ3v) is 2.40. The van der Waals surface area contributed by atoms with Crippen LogP contribution in [0.3, 0.4) is 0 Å². The molecule has 0 bridgehead atoms. The van der Waals surface area contributed by atoms with Gasteiger partial charge in [0.15, 0.2) is 0 Å². The molecule has 0 aliphatic rings. The summed E-state index contributed by atoms with van der Waals surface area (Å²) in [5.41, 5.74) is 1.82. The van der Waals surface area contributed by atoms with Gasteiger partial charge in [-0.25, -0.2) is 0 Å². The molecule has 1 unspecified atom stereocenters. The van der Waals surface area contributed by atoms with Crippen molar-refractivity contribution >= 4 is 5.71 Å². The molecule has 0 amide bonds. The van der Waals surface area contributed by atoms with Gasteiger partial charge in [0.1, 0.15) is 5.75 Å². The molecule has 0 heterocycles. The average Bonchev–Trinajstić information content (AvgIpc) is 2.27. The lowest BCUT2D eigenvalue weighted by Gasteiger charge is -2.10. The Morgan fingerprint density at radius 1 is 1.36 bits per heavy atom. The van der Waals surface area contributed by atoms with Gasteiger partial charge in [0.25, 0.3) is 0 Å². The first-order valence-electron chi connectivity index (χ1n) is 4.51. The monoisotopic (exact) mass is 193 g/mol. The van der Waals surface area contributed by atoms with Gasteiger partial charge >= 0.3 is 0 Å². The molecule has 0 spiro atoms. The molecule has 0 aromatic heterocycles. The van der Waals surface area contributed by atoms with E-state index in [0.29, 0.717) is 5.71 Å². The van der Waals surface area contributed by atoms with Crippen molar-refractivity contribution in [2.24, 2.45) is 5.16 Å². The molecule has 1 aromatic carbocycles. The molecule has 76 valence electrons. The van der Waals surface area contributed by atoms with Gasteiger partial charge in [-0.05, 0) is 24.6 Å². The third kappa shape index (κ3) is 2.25. The zero-order chi connectivity index (χ0) is 10.6. The zero-order valence-electron chi connectivity index (χ0n) is 8.69. The Labute approximate surface area is 84.0 Å². The van der Waals surface area contributed by atoms with Gasteiger partial charge in [0.05, 0.1) is 12.8 Å². The summed E-state index contributed by atoms with van der Waals surface area (Å²) in [7, 11) is 1.64. The number of ether oxygens (including phenoxy) is 1. The number of hydrogen-bond acceptors (Lipinski definition) is 3. The van der Waals surface area contributed by atoms with Crippen LogP contribution in [0.25, 0.3) is 0 Å². The van der Waals surface area contributed by atoms with E-state index in [9.17, 15) is 0 Å². The molecule has 0 saturated heterocycles. The van der Waals surface area contributed by atoms with Crippen molar-refractivity contribution in [1.29, 1.82) is 0 Å². The van der Waals surface area contributed by atoms with Crippen molar-refractivity contribution in [3.05, 3.63) is 29.8 Å². The number of hydrogen-bond donors (Lipinski definition) is 1. The van der Waals surface area contributed by atoms with Gasteiger partial charge in [-0.2, -0.15) is 0 Å². The van der Waals surface area contributed by atoms with Crippen molar-refractivity contribution in [1.82, 2.24) is 0 Å². The van der Waals surface area contributed by atoms with Gasteiger partial charge in [-0.3, -0.25) is 0 Å². The van der Waals surface area contributed by atoms with Crippen LogP contribution in [-0.4, -0.2) is 18.0 Å². The van der Waals surface area contributed by atoms with Crippen LogP contribution in [0.4, 0.5) is 0 Å². The molecular weight excluding hydrogens is 178 g/mol. The quantitative estimate of drug-likeness (QED) is 0.455. The number of nitrogens with zero attached hydrogens (tertiary/aromatic N) is 1. The Bertz CT molecular complexity index is 317. The van der Waals surface area contributed by atoms with Gasteiger partial charge in [-0.1, -0.05) is 24.2 Å². The maximum atomic E-state index is 8.63. The van der Waals surface area contributed by atoms with Crippen molar-refractivity contribution < 1.29 is 9.94 Å². The van der Waals surface area contributed by atoms with Gasteiger partial charge in [0, 0.05) is 5.92 Å². The summed E-state index contributed by atoms with van der Waals surface area (Å²) in [6.07, 6.45) is 0. The normalized spacial score (nSPS) is 13.8. The first kappa shape index (κ1) is 10.6. The van der Waals surface area contributed by atoms with Gasteiger partial charge in [0.2, 0.25) is 0 Å². The van der Waals surface area contributed by atoms with E-state index in [2.05, 4.69) is 5.16 Å². The first-order valence-corrected chi connectivity index (χ1v) is 4.51. The van der Waals surface area contributed by atoms with E-state index >= 15 is 0 Å². The molecule has 1 N–H and O–H groups in total. The highest BCUT2D eigenvalue weighted by atomic mass is 16.5. The Morgan fingerprint density at radius 3 is 2.36 bits per heavy atom. The summed E-state index contributed by atoms with van der Waals surface area (Å²) >= 11 is 0. The van der Waals surface area contributed by atoms with E-state index in [1.807, 2.05) is 31.2 Å². The lowest BCUT2D eigenvalue weighted by Crippen LogP contribution is -2.04. The fourth-order valence-corrected chi connectivity index (χ4v) is 1.22. The van der Waals surface area contributed by atoms with E-state index in [1.165, 1.54) is 0 Å². The van der Waals surface area contributed by atoms with Crippen molar-refractivity contribution in [2.75, 3.05) is 7.11 Å². The van der Waals surface area contributed by atoms with Crippen LogP contribution in [0.15, 0.2) is 29.4 Å². The summed E-state index contributed by atoms with van der Waals surface area (Å²) in [6.45, 7) is 3.80. The molecule has 1 atom stereocenters. The molecule has 0 aliphatic heterocycles. The predicted octanol–water partition coefficient (Wildman–Crippen LogP) is 2.65. The van der Waals surface area contributed by atoms with Crippen LogP contribution in [0, 0.1) is 0 Å². The van der Waals surface area contributed by atoms with E-state index in [0.717, 1.165) is 11.3 Å². The zero-order valence-corrected chi connectivity index (χ0v) is 8.69. The van der Waals surface area contributed by atoms with E-state index in [1.54, 1.807) is 14.0 Å². The van der Waals surface area contributed by atoms with Crippen LogP contribution in [-0.2, 0) is 0 Å². The number of rotatable bonds is 3. The topological polar surface area (TPSA) is 41.8 Å². The fraction of sp³-hybridized carbons (Fsp3) is 0.364. The average molecular weight is 193 g/mol. The van der Waals surface area contributed by atoms with Crippen molar-refractivity contribution in [2.45, 2.75) is 19.8 Å². The molecule has 3 nitrogen and oxygen atoms in total. The minimum atomic E-state index is 0.130. The van der Waals surface area contributed by atoms with Gasteiger partial charge in [-0.15, -0.1) is 0 Å². The molecule has 1 aromatic rings.